The van der Waals surface area contributed by atoms with E-state index < -0.39 is 0 Å². The van der Waals surface area contributed by atoms with Crippen LogP contribution in [-0.2, 0) is 6.54 Å². The number of hydrogen-bond acceptors (Lipinski definition) is 3. The molecule has 1 heterocycles. The van der Waals surface area contributed by atoms with Crippen LogP contribution in [0.15, 0.2) is 54.6 Å². The molecule has 2 aromatic carbocycles. The molecular formula is C17H17FN4. The van der Waals surface area contributed by atoms with Gasteiger partial charge in [0.2, 0.25) is 0 Å². The first kappa shape index (κ1) is 14.4. The van der Waals surface area contributed by atoms with Gasteiger partial charge >= 0.3 is 0 Å². The van der Waals surface area contributed by atoms with Crippen LogP contribution < -0.4 is 5.73 Å². The summed E-state index contributed by atoms with van der Waals surface area (Å²) in [6, 6.07) is 16.4. The Morgan fingerprint density at radius 2 is 1.77 bits per heavy atom. The van der Waals surface area contributed by atoms with Crippen molar-refractivity contribution in [3.05, 3.63) is 71.7 Å². The molecule has 22 heavy (non-hydrogen) atoms. The maximum absolute atomic E-state index is 13.2. The predicted molar refractivity (Wildman–Crippen MR) is 83.6 cm³/mol. The lowest BCUT2D eigenvalue weighted by Gasteiger charge is -2.16. The van der Waals surface area contributed by atoms with Gasteiger partial charge in [-0.25, -0.2) is 9.07 Å². The third-order valence-corrected chi connectivity index (χ3v) is 3.72. The Hall–Kier alpha value is -2.53. The number of halogens is 1. The largest absolute Gasteiger partial charge is 0.325 e. The molecule has 0 saturated heterocycles. The fourth-order valence-electron chi connectivity index (χ4n) is 2.51. The first-order valence-corrected chi connectivity index (χ1v) is 7.15. The van der Waals surface area contributed by atoms with E-state index in [0.717, 1.165) is 16.8 Å². The normalized spacial score (nSPS) is 12.3. The van der Waals surface area contributed by atoms with E-state index in [1.807, 2.05) is 35.0 Å². The molecule has 112 valence electrons. The van der Waals surface area contributed by atoms with E-state index >= 15 is 0 Å². The Labute approximate surface area is 128 Å². The molecule has 5 heteroatoms. The first-order valence-electron chi connectivity index (χ1n) is 7.15. The summed E-state index contributed by atoms with van der Waals surface area (Å²) in [6.45, 7) is 2.34. The highest BCUT2D eigenvalue weighted by atomic mass is 19.1. The smallest absolute Gasteiger partial charge is 0.123 e. The van der Waals surface area contributed by atoms with Crippen molar-refractivity contribution in [1.82, 2.24) is 15.0 Å². The number of rotatable bonds is 4. The number of nitrogens with two attached hydrogens (primary N) is 1. The second-order valence-corrected chi connectivity index (χ2v) is 5.13. The lowest BCUT2D eigenvalue weighted by atomic mass is 10.1. The molecule has 0 amide bonds. The maximum atomic E-state index is 13.2. The fraction of sp³-hybridized carbons (Fsp3) is 0.176. The molecule has 0 aliphatic rings. The Bertz CT molecular complexity index is 750. The van der Waals surface area contributed by atoms with Gasteiger partial charge in [-0.1, -0.05) is 35.5 Å². The van der Waals surface area contributed by atoms with Crippen LogP contribution in [0.3, 0.4) is 0 Å². The summed E-state index contributed by atoms with van der Waals surface area (Å²) in [5.41, 5.74) is 9.30. The van der Waals surface area contributed by atoms with Gasteiger partial charge in [0.1, 0.15) is 11.5 Å². The van der Waals surface area contributed by atoms with Gasteiger partial charge in [-0.05, 0) is 36.8 Å². The van der Waals surface area contributed by atoms with Crippen molar-refractivity contribution in [1.29, 1.82) is 0 Å². The quantitative estimate of drug-likeness (QED) is 0.804. The Morgan fingerprint density at radius 1 is 1.09 bits per heavy atom. The minimum atomic E-state index is -0.270. The van der Waals surface area contributed by atoms with Gasteiger partial charge < -0.3 is 5.73 Å². The summed E-state index contributed by atoms with van der Waals surface area (Å²) in [5, 5.41) is 8.43. The highest BCUT2D eigenvalue weighted by Gasteiger charge is 2.19. The van der Waals surface area contributed by atoms with Crippen LogP contribution >= 0.6 is 0 Å². The SMILES string of the molecule is CC(c1ccccc1)n1nnc(CN)c1-c1ccc(F)cc1. The van der Waals surface area contributed by atoms with Gasteiger partial charge in [0, 0.05) is 12.1 Å². The molecule has 3 rings (SSSR count). The summed E-state index contributed by atoms with van der Waals surface area (Å²) < 4.78 is 15.0. The van der Waals surface area contributed by atoms with E-state index in [0.29, 0.717) is 5.69 Å². The third-order valence-electron chi connectivity index (χ3n) is 3.72. The minimum Gasteiger partial charge on any atom is -0.325 e. The Kier molecular flexibility index (Phi) is 3.98. The van der Waals surface area contributed by atoms with Crippen molar-refractivity contribution in [3.8, 4) is 11.3 Å². The predicted octanol–water partition coefficient (Wildman–Crippen LogP) is 3.15. The molecule has 0 aliphatic carbocycles. The average Bonchev–Trinajstić information content (AvgIpc) is 2.99. The van der Waals surface area contributed by atoms with Gasteiger partial charge in [-0.15, -0.1) is 5.10 Å². The van der Waals surface area contributed by atoms with Crippen LogP contribution in [0.2, 0.25) is 0 Å². The van der Waals surface area contributed by atoms with Gasteiger partial charge in [0.05, 0.1) is 11.7 Å². The molecule has 0 radical (unpaired) electrons. The number of aromatic nitrogens is 3. The lowest BCUT2D eigenvalue weighted by Crippen LogP contribution is -2.11. The maximum Gasteiger partial charge on any atom is 0.123 e. The topological polar surface area (TPSA) is 56.7 Å². The molecule has 3 aromatic rings. The highest BCUT2D eigenvalue weighted by Crippen LogP contribution is 2.28. The molecule has 0 spiro atoms. The van der Waals surface area contributed by atoms with Crippen LogP contribution in [0.4, 0.5) is 4.39 Å². The zero-order chi connectivity index (χ0) is 15.5. The molecule has 1 unspecified atom stereocenters. The summed E-state index contributed by atoms with van der Waals surface area (Å²) >= 11 is 0. The minimum absolute atomic E-state index is 0.00838. The second-order valence-electron chi connectivity index (χ2n) is 5.13. The molecule has 1 atom stereocenters. The van der Waals surface area contributed by atoms with E-state index in [9.17, 15) is 4.39 Å². The van der Waals surface area contributed by atoms with Crippen molar-refractivity contribution in [2.75, 3.05) is 0 Å². The van der Waals surface area contributed by atoms with Crippen molar-refractivity contribution in [2.45, 2.75) is 19.5 Å². The van der Waals surface area contributed by atoms with Crippen LogP contribution in [0.25, 0.3) is 11.3 Å². The molecule has 4 nitrogen and oxygen atoms in total. The van der Waals surface area contributed by atoms with Crippen molar-refractivity contribution in [2.24, 2.45) is 5.73 Å². The zero-order valence-electron chi connectivity index (χ0n) is 12.3. The first-order chi connectivity index (χ1) is 10.7. The summed E-state index contributed by atoms with van der Waals surface area (Å²) in [4.78, 5) is 0. The van der Waals surface area contributed by atoms with E-state index in [1.54, 1.807) is 12.1 Å². The van der Waals surface area contributed by atoms with Gasteiger partial charge in [-0.2, -0.15) is 0 Å². The summed E-state index contributed by atoms with van der Waals surface area (Å²) in [7, 11) is 0. The molecule has 0 aliphatic heterocycles. The molecule has 0 saturated carbocycles. The summed E-state index contributed by atoms with van der Waals surface area (Å²) in [5.74, 6) is -0.270. The van der Waals surface area contributed by atoms with E-state index in [1.165, 1.54) is 12.1 Å². The third kappa shape index (κ3) is 2.63. The number of hydrogen-bond donors (Lipinski definition) is 1. The Balaban J connectivity index is 2.09. The van der Waals surface area contributed by atoms with Crippen molar-refractivity contribution < 1.29 is 4.39 Å². The Morgan fingerprint density at radius 3 is 2.41 bits per heavy atom. The van der Waals surface area contributed by atoms with Crippen molar-refractivity contribution >= 4 is 0 Å². The molecule has 0 fully saturated rings. The van der Waals surface area contributed by atoms with Crippen LogP contribution in [0, 0.1) is 5.82 Å². The lowest BCUT2D eigenvalue weighted by molar-refractivity contribution is 0.548. The molecule has 0 bridgehead atoms. The average molecular weight is 296 g/mol. The zero-order valence-corrected chi connectivity index (χ0v) is 12.3. The molecule has 2 N–H and O–H groups in total. The molecule has 1 aromatic heterocycles. The monoisotopic (exact) mass is 296 g/mol. The number of benzene rings is 2. The fourth-order valence-corrected chi connectivity index (χ4v) is 2.51. The highest BCUT2D eigenvalue weighted by molar-refractivity contribution is 5.62. The van der Waals surface area contributed by atoms with Crippen LogP contribution in [-0.4, -0.2) is 15.0 Å². The standard InChI is InChI=1S/C17H17FN4/c1-12(13-5-3-2-4-6-13)22-17(16(11-19)20-21-22)14-7-9-15(18)10-8-14/h2-10,12H,11,19H2,1H3. The van der Waals surface area contributed by atoms with Gasteiger partial charge in [0.25, 0.3) is 0 Å². The summed E-state index contributed by atoms with van der Waals surface area (Å²) in [6.07, 6.45) is 0. The number of nitrogens with zero attached hydrogens (tertiary/aromatic N) is 3. The molecular weight excluding hydrogens is 279 g/mol. The van der Waals surface area contributed by atoms with E-state index in [-0.39, 0.29) is 18.4 Å². The van der Waals surface area contributed by atoms with Crippen LogP contribution in [0.1, 0.15) is 24.2 Å². The van der Waals surface area contributed by atoms with E-state index in [2.05, 4.69) is 17.2 Å². The second kappa shape index (κ2) is 6.07. The van der Waals surface area contributed by atoms with E-state index in [4.69, 9.17) is 5.73 Å². The van der Waals surface area contributed by atoms with Gasteiger partial charge in [0.15, 0.2) is 0 Å². The van der Waals surface area contributed by atoms with Gasteiger partial charge in [-0.3, -0.25) is 0 Å². The van der Waals surface area contributed by atoms with Crippen molar-refractivity contribution in [3.63, 3.8) is 0 Å². The van der Waals surface area contributed by atoms with Crippen LogP contribution in [0.5, 0.6) is 0 Å².